The zero-order chi connectivity index (χ0) is 7.98. The van der Waals surface area contributed by atoms with E-state index >= 15 is 0 Å². The molecule has 0 saturated heterocycles. The summed E-state index contributed by atoms with van der Waals surface area (Å²) in [5.74, 6) is 1.88. The van der Waals surface area contributed by atoms with E-state index in [1.54, 1.807) is 0 Å². The molecule has 0 rings (SSSR count). The summed E-state index contributed by atoms with van der Waals surface area (Å²) in [4.78, 5) is 1.49. The smallest absolute Gasteiger partial charge is 0.00118 e. The van der Waals surface area contributed by atoms with Crippen molar-refractivity contribution < 1.29 is 0 Å². The van der Waals surface area contributed by atoms with E-state index in [-0.39, 0.29) is 0 Å². The van der Waals surface area contributed by atoms with Crippen molar-refractivity contribution in [2.24, 2.45) is 5.92 Å². The Kier molecular flexibility index (Phi) is 6.44. The molecule has 0 atom stereocenters. The second-order valence-electron chi connectivity index (χ2n) is 2.34. The Morgan fingerprint density at radius 2 is 2.10 bits per heavy atom. The molecule has 0 saturated carbocycles. The third kappa shape index (κ3) is 4.29. The minimum absolute atomic E-state index is 0.689. The van der Waals surface area contributed by atoms with Gasteiger partial charge in [-0.3, -0.25) is 0 Å². The maximum atomic E-state index is 2.23. The van der Waals surface area contributed by atoms with Gasteiger partial charge in [-0.15, -0.1) is 0 Å². The Balaban J connectivity index is 3.63. The molecule has 0 aromatic carbocycles. The van der Waals surface area contributed by atoms with Gasteiger partial charge in [-0.05, 0) is 17.7 Å². The van der Waals surface area contributed by atoms with Crippen LogP contribution >= 0.6 is 21.6 Å². The van der Waals surface area contributed by atoms with Gasteiger partial charge in [0.2, 0.25) is 0 Å². The third-order valence-corrected chi connectivity index (χ3v) is 4.02. The van der Waals surface area contributed by atoms with Crippen LogP contribution in [0.3, 0.4) is 0 Å². The number of rotatable bonds is 4. The van der Waals surface area contributed by atoms with Crippen molar-refractivity contribution in [1.82, 2.24) is 0 Å². The first-order valence-electron chi connectivity index (χ1n) is 3.68. The molecule has 0 fully saturated rings. The molecule has 0 aliphatic carbocycles. The third-order valence-electron chi connectivity index (χ3n) is 1.13. The van der Waals surface area contributed by atoms with Crippen molar-refractivity contribution in [3.63, 3.8) is 0 Å². The van der Waals surface area contributed by atoms with Gasteiger partial charge in [0.25, 0.3) is 0 Å². The highest BCUT2D eigenvalue weighted by Crippen LogP contribution is 2.33. The molecule has 0 aromatic heterocycles. The Hall–Kier alpha value is 0.440. The average molecular weight is 176 g/mol. The van der Waals surface area contributed by atoms with Crippen LogP contribution in [0, 0.1) is 5.92 Å². The lowest BCUT2D eigenvalue weighted by Crippen LogP contribution is -1.86. The van der Waals surface area contributed by atoms with Crippen LogP contribution in [0.2, 0.25) is 0 Å². The van der Waals surface area contributed by atoms with Crippen molar-refractivity contribution in [1.29, 1.82) is 0 Å². The summed E-state index contributed by atoms with van der Waals surface area (Å²) in [5.41, 5.74) is 0. The van der Waals surface area contributed by atoms with Gasteiger partial charge in [0.15, 0.2) is 0 Å². The molecule has 10 heavy (non-hydrogen) atoms. The molecule has 0 radical (unpaired) electrons. The van der Waals surface area contributed by atoms with Crippen LogP contribution in [0.1, 0.15) is 27.7 Å². The Labute approximate surface area is 72.3 Å². The molecule has 0 unspecified atom stereocenters. The summed E-state index contributed by atoms with van der Waals surface area (Å²) in [5, 5.41) is 0. The Morgan fingerprint density at radius 1 is 1.50 bits per heavy atom. The maximum absolute atomic E-state index is 2.23. The van der Waals surface area contributed by atoms with Crippen molar-refractivity contribution in [2.75, 3.05) is 5.75 Å². The number of allylic oxidation sites excluding steroid dienone is 2. The van der Waals surface area contributed by atoms with E-state index in [9.17, 15) is 0 Å². The summed E-state index contributed by atoms with van der Waals surface area (Å²) in [6.45, 7) is 8.76. The topological polar surface area (TPSA) is 0 Å². The molecular formula is C8H16S2. The van der Waals surface area contributed by atoms with Gasteiger partial charge in [-0.1, -0.05) is 48.4 Å². The Bertz CT molecular complexity index is 106. The van der Waals surface area contributed by atoms with E-state index in [4.69, 9.17) is 0 Å². The quantitative estimate of drug-likeness (QED) is 0.595. The van der Waals surface area contributed by atoms with Gasteiger partial charge in [-0.25, -0.2) is 0 Å². The lowest BCUT2D eigenvalue weighted by molar-refractivity contribution is 0.816. The molecule has 0 aromatic rings. The molecule has 0 amide bonds. The largest absolute Gasteiger partial charge is 0.0896 e. The molecule has 0 spiro atoms. The minimum Gasteiger partial charge on any atom is -0.0896 e. The molecule has 60 valence electrons. The van der Waals surface area contributed by atoms with Gasteiger partial charge < -0.3 is 0 Å². The first kappa shape index (κ1) is 10.4. The van der Waals surface area contributed by atoms with E-state index in [2.05, 4.69) is 33.8 Å². The van der Waals surface area contributed by atoms with Crippen LogP contribution in [-0.2, 0) is 0 Å². The van der Waals surface area contributed by atoms with Gasteiger partial charge in [0.05, 0.1) is 0 Å². The first-order chi connectivity index (χ1) is 4.72. The Morgan fingerprint density at radius 3 is 2.40 bits per heavy atom. The SMILES string of the molecule is C/C=C(\SSCC)C(C)C. The highest BCUT2D eigenvalue weighted by atomic mass is 33.1. The molecule has 0 aliphatic heterocycles. The fourth-order valence-corrected chi connectivity index (χ4v) is 2.78. The summed E-state index contributed by atoms with van der Waals surface area (Å²) in [6, 6.07) is 0. The van der Waals surface area contributed by atoms with Crippen molar-refractivity contribution in [3.8, 4) is 0 Å². The van der Waals surface area contributed by atoms with Crippen molar-refractivity contribution >= 4 is 21.6 Å². The van der Waals surface area contributed by atoms with Crippen LogP contribution < -0.4 is 0 Å². The maximum Gasteiger partial charge on any atom is 0.00118 e. The van der Waals surface area contributed by atoms with Gasteiger partial charge in [0.1, 0.15) is 0 Å². The van der Waals surface area contributed by atoms with Crippen LogP contribution in [0.5, 0.6) is 0 Å². The van der Waals surface area contributed by atoms with E-state index in [1.165, 1.54) is 10.7 Å². The van der Waals surface area contributed by atoms with Crippen LogP contribution in [0.4, 0.5) is 0 Å². The summed E-state index contributed by atoms with van der Waals surface area (Å²) >= 11 is 0. The molecule has 0 nitrogen and oxygen atoms in total. The van der Waals surface area contributed by atoms with E-state index in [1.807, 2.05) is 21.6 Å². The zero-order valence-corrected chi connectivity index (χ0v) is 8.81. The minimum atomic E-state index is 0.689. The molecule has 0 heterocycles. The normalized spacial score (nSPS) is 12.7. The zero-order valence-electron chi connectivity index (χ0n) is 7.18. The molecule has 2 heteroatoms. The predicted molar refractivity (Wildman–Crippen MR) is 54.3 cm³/mol. The van der Waals surface area contributed by atoms with E-state index in [0.29, 0.717) is 5.92 Å². The summed E-state index contributed by atoms with van der Waals surface area (Å²) in [6.07, 6.45) is 2.21. The van der Waals surface area contributed by atoms with Gasteiger partial charge in [-0.2, -0.15) is 0 Å². The number of hydrogen-bond donors (Lipinski definition) is 0. The van der Waals surface area contributed by atoms with Crippen LogP contribution in [0.15, 0.2) is 11.0 Å². The van der Waals surface area contributed by atoms with Crippen molar-refractivity contribution in [3.05, 3.63) is 11.0 Å². The lowest BCUT2D eigenvalue weighted by atomic mass is 10.2. The average Bonchev–Trinajstić information content (AvgIpc) is 1.89. The number of hydrogen-bond acceptors (Lipinski definition) is 2. The highest BCUT2D eigenvalue weighted by Gasteiger charge is 2.01. The molecule has 0 aliphatic rings. The van der Waals surface area contributed by atoms with Gasteiger partial charge in [0, 0.05) is 5.75 Å². The fourth-order valence-electron chi connectivity index (χ4n) is 0.605. The van der Waals surface area contributed by atoms with E-state index < -0.39 is 0 Å². The highest BCUT2D eigenvalue weighted by molar-refractivity contribution is 8.78. The summed E-state index contributed by atoms with van der Waals surface area (Å²) < 4.78 is 0. The second kappa shape index (κ2) is 6.17. The van der Waals surface area contributed by atoms with Crippen LogP contribution in [0.25, 0.3) is 0 Å². The van der Waals surface area contributed by atoms with E-state index in [0.717, 1.165) is 0 Å². The van der Waals surface area contributed by atoms with Crippen molar-refractivity contribution in [2.45, 2.75) is 27.7 Å². The fraction of sp³-hybridized carbons (Fsp3) is 0.750. The lowest BCUT2D eigenvalue weighted by Gasteiger charge is -2.07. The molecular weight excluding hydrogens is 160 g/mol. The first-order valence-corrected chi connectivity index (χ1v) is 5.99. The monoisotopic (exact) mass is 176 g/mol. The van der Waals surface area contributed by atoms with Gasteiger partial charge >= 0.3 is 0 Å². The molecule has 0 bridgehead atoms. The second-order valence-corrected chi connectivity index (χ2v) is 4.99. The predicted octanol–water partition coefficient (Wildman–Crippen LogP) is 3.95. The standard InChI is InChI=1S/C8H16S2/c1-5-8(7(3)4)10-9-6-2/h5,7H,6H2,1-4H3/b8-5-. The summed E-state index contributed by atoms with van der Waals surface area (Å²) in [7, 11) is 3.82. The molecule has 0 N–H and O–H groups in total. The van der Waals surface area contributed by atoms with Crippen LogP contribution in [-0.4, -0.2) is 5.75 Å².